The third-order valence-electron chi connectivity index (χ3n) is 4.32. The van der Waals surface area contributed by atoms with Crippen molar-refractivity contribution in [2.45, 2.75) is 25.7 Å². The van der Waals surface area contributed by atoms with Crippen molar-refractivity contribution in [2.24, 2.45) is 0 Å². The van der Waals surface area contributed by atoms with Crippen LogP contribution in [0.2, 0.25) is 0 Å². The van der Waals surface area contributed by atoms with E-state index in [0.717, 1.165) is 17.7 Å². The van der Waals surface area contributed by atoms with E-state index in [-0.39, 0.29) is 0 Å². The first-order valence-electron chi connectivity index (χ1n) is 7.85. The maximum atomic E-state index is 5.55. The molecule has 0 aliphatic carbocycles. The van der Waals surface area contributed by atoms with Crippen LogP contribution in [-0.4, -0.2) is 25.8 Å². The molecule has 0 saturated heterocycles. The third-order valence-corrected chi connectivity index (χ3v) is 6.68. The lowest BCUT2D eigenvalue weighted by Gasteiger charge is -2.35. The third kappa shape index (κ3) is 2.82. The van der Waals surface area contributed by atoms with Crippen molar-refractivity contribution >= 4 is 34.9 Å². The van der Waals surface area contributed by atoms with Gasteiger partial charge < -0.3 is 4.57 Å². The first kappa shape index (κ1) is 16.0. The fourth-order valence-electron chi connectivity index (χ4n) is 3.21. The minimum atomic E-state index is 0.298. The highest BCUT2D eigenvalue weighted by Gasteiger charge is 2.30. The van der Waals surface area contributed by atoms with Crippen molar-refractivity contribution < 1.29 is 0 Å². The zero-order valence-corrected chi connectivity index (χ0v) is 15.6. The van der Waals surface area contributed by atoms with E-state index in [2.05, 4.69) is 45.5 Å². The van der Waals surface area contributed by atoms with Gasteiger partial charge in [-0.1, -0.05) is 12.1 Å². The molecule has 0 N–H and O–H groups in total. The number of allylic oxidation sites excluding steroid dienone is 1. The monoisotopic (exact) mass is 374 g/mol. The van der Waals surface area contributed by atoms with Gasteiger partial charge >= 0.3 is 0 Å². The summed E-state index contributed by atoms with van der Waals surface area (Å²) in [5, 5.41) is 8.84. The fraction of sp³-hybridized carbons (Fsp3) is 0.294. The molecular formula is C17H18N4S3. The molecular weight excluding hydrogens is 356 g/mol. The Balaban J connectivity index is 1.67. The first-order valence-corrected chi connectivity index (χ1v) is 10.0. The van der Waals surface area contributed by atoms with Crippen LogP contribution in [0.3, 0.4) is 0 Å². The molecule has 0 fully saturated rings. The summed E-state index contributed by atoms with van der Waals surface area (Å²) in [6.07, 6.45) is 4.73. The molecule has 3 aromatic rings. The van der Waals surface area contributed by atoms with Crippen molar-refractivity contribution in [3.8, 4) is 0 Å². The van der Waals surface area contributed by atoms with Gasteiger partial charge in [-0.15, -0.1) is 29.3 Å². The first-order chi connectivity index (χ1) is 11.8. The molecule has 7 heteroatoms. The SMILES string of the molecule is C=CCn1cnn(CN2CCc3sccc3C2c2cccs2)c1=S. The second-order valence-electron chi connectivity index (χ2n) is 5.77. The molecule has 24 heavy (non-hydrogen) atoms. The van der Waals surface area contributed by atoms with Crippen LogP contribution >= 0.6 is 34.9 Å². The highest BCUT2D eigenvalue weighted by Crippen LogP contribution is 2.39. The number of hydrogen-bond donors (Lipinski definition) is 0. The molecule has 0 spiro atoms. The van der Waals surface area contributed by atoms with Gasteiger partial charge in [0.1, 0.15) is 6.33 Å². The summed E-state index contributed by atoms with van der Waals surface area (Å²) in [6, 6.07) is 6.92. The van der Waals surface area contributed by atoms with Gasteiger partial charge in [-0.25, -0.2) is 4.68 Å². The van der Waals surface area contributed by atoms with Gasteiger partial charge in [0.15, 0.2) is 4.77 Å². The summed E-state index contributed by atoms with van der Waals surface area (Å²) < 4.78 is 4.61. The Kier molecular flexibility index (Phi) is 4.49. The van der Waals surface area contributed by atoms with Crippen molar-refractivity contribution in [1.29, 1.82) is 0 Å². The minimum absolute atomic E-state index is 0.298. The maximum absolute atomic E-state index is 5.55. The summed E-state index contributed by atoms with van der Waals surface area (Å²) in [5.74, 6) is 0. The molecule has 0 amide bonds. The van der Waals surface area contributed by atoms with Gasteiger partial charge in [0, 0.05) is 22.8 Å². The van der Waals surface area contributed by atoms with E-state index in [0.29, 0.717) is 19.3 Å². The summed E-state index contributed by atoms with van der Waals surface area (Å²) >= 11 is 9.24. The summed E-state index contributed by atoms with van der Waals surface area (Å²) in [5.41, 5.74) is 1.44. The van der Waals surface area contributed by atoms with E-state index in [9.17, 15) is 0 Å². The molecule has 0 radical (unpaired) electrons. The Labute approximate surface area is 154 Å². The Morgan fingerprint density at radius 2 is 2.25 bits per heavy atom. The van der Waals surface area contributed by atoms with E-state index in [1.165, 1.54) is 15.3 Å². The summed E-state index contributed by atoms with van der Waals surface area (Å²) in [4.78, 5) is 5.36. The highest BCUT2D eigenvalue weighted by atomic mass is 32.1. The van der Waals surface area contributed by atoms with Crippen molar-refractivity contribution in [1.82, 2.24) is 19.2 Å². The lowest BCUT2D eigenvalue weighted by molar-refractivity contribution is 0.158. The van der Waals surface area contributed by atoms with Gasteiger partial charge in [0.2, 0.25) is 0 Å². The molecule has 0 aromatic carbocycles. The lowest BCUT2D eigenvalue weighted by atomic mass is 9.99. The van der Waals surface area contributed by atoms with E-state index in [1.54, 1.807) is 6.33 Å². The van der Waals surface area contributed by atoms with Crippen LogP contribution in [0.1, 0.15) is 21.4 Å². The van der Waals surface area contributed by atoms with Gasteiger partial charge in [-0.3, -0.25) is 4.90 Å². The van der Waals surface area contributed by atoms with Gasteiger partial charge in [-0.2, -0.15) is 5.10 Å². The number of fused-ring (bicyclic) bond motifs is 1. The van der Waals surface area contributed by atoms with Crippen LogP contribution in [0.15, 0.2) is 47.9 Å². The molecule has 124 valence electrons. The molecule has 1 aliphatic heterocycles. The van der Waals surface area contributed by atoms with E-state index >= 15 is 0 Å². The van der Waals surface area contributed by atoms with Crippen LogP contribution in [-0.2, 0) is 19.6 Å². The number of nitrogens with zero attached hydrogens (tertiary/aromatic N) is 4. The normalized spacial score (nSPS) is 17.8. The van der Waals surface area contributed by atoms with Crippen LogP contribution in [0.4, 0.5) is 0 Å². The fourth-order valence-corrected chi connectivity index (χ4v) is 5.21. The Bertz CT molecular complexity index is 887. The van der Waals surface area contributed by atoms with Crippen LogP contribution in [0.5, 0.6) is 0 Å². The highest BCUT2D eigenvalue weighted by molar-refractivity contribution is 7.71. The van der Waals surface area contributed by atoms with Crippen LogP contribution < -0.4 is 0 Å². The van der Waals surface area contributed by atoms with Crippen molar-refractivity contribution in [2.75, 3.05) is 6.54 Å². The zero-order chi connectivity index (χ0) is 16.5. The Morgan fingerprint density at radius 3 is 3.04 bits per heavy atom. The summed E-state index contributed by atoms with van der Waals surface area (Å²) in [7, 11) is 0. The quantitative estimate of drug-likeness (QED) is 0.491. The smallest absolute Gasteiger partial charge is 0.199 e. The number of aromatic nitrogens is 3. The Morgan fingerprint density at radius 1 is 1.33 bits per heavy atom. The zero-order valence-electron chi connectivity index (χ0n) is 13.2. The molecule has 4 heterocycles. The summed E-state index contributed by atoms with van der Waals surface area (Å²) in [6.45, 7) is 6.20. The number of hydrogen-bond acceptors (Lipinski definition) is 5. The molecule has 4 rings (SSSR count). The molecule has 0 saturated carbocycles. The van der Waals surface area contributed by atoms with Crippen LogP contribution in [0, 0.1) is 4.77 Å². The number of rotatable bonds is 5. The molecule has 4 nitrogen and oxygen atoms in total. The molecule has 1 unspecified atom stereocenters. The standard InChI is InChI=1S/C17H18N4S3/c1-2-7-19-11-18-21(17(19)22)12-20-8-5-14-13(6-10-24-14)16(20)15-4-3-9-23-15/h2-4,6,9-11,16H,1,5,7-8,12H2. The molecule has 1 aliphatic rings. The predicted octanol–water partition coefficient (Wildman–Crippen LogP) is 4.33. The predicted molar refractivity (Wildman–Crippen MR) is 102 cm³/mol. The largest absolute Gasteiger partial charge is 0.303 e. The maximum Gasteiger partial charge on any atom is 0.199 e. The van der Waals surface area contributed by atoms with Gasteiger partial charge in [0.25, 0.3) is 0 Å². The van der Waals surface area contributed by atoms with Gasteiger partial charge in [-0.05, 0) is 47.1 Å². The van der Waals surface area contributed by atoms with E-state index in [4.69, 9.17) is 12.2 Å². The van der Waals surface area contributed by atoms with Crippen molar-refractivity contribution in [3.63, 3.8) is 0 Å². The Hall–Kier alpha value is -1.54. The second-order valence-corrected chi connectivity index (χ2v) is 8.12. The van der Waals surface area contributed by atoms with Crippen molar-refractivity contribution in [3.05, 3.63) is 68.0 Å². The molecule has 1 atom stereocenters. The average molecular weight is 375 g/mol. The second kappa shape index (κ2) is 6.76. The van der Waals surface area contributed by atoms with Gasteiger partial charge in [0.05, 0.1) is 12.7 Å². The minimum Gasteiger partial charge on any atom is -0.303 e. The van der Waals surface area contributed by atoms with E-state index in [1.807, 2.05) is 38.0 Å². The van der Waals surface area contributed by atoms with Crippen LogP contribution in [0.25, 0.3) is 0 Å². The average Bonchev–Trinajstić information content (AvgIpc) is 3.32. The topological polar surface area (TPSA) is 26.0 Å². The molecule has 3 aromatic heterocycles. The molecule has 0 bridgehead atoms. The lowest BCUT2D eigenvalue weighted by Crippen LogP contribution is -2.36. The van der Waals surface area contributed by atoms with E-state index < -0.39 is 0 Å². The number of thiophene rings is 2.